The number of nitro groups is 1. The van der Waals surface area contributed by atoms with Gasteiger partial charge in [0.05, 0.1) is 17.1 Å². The summed E-state index contributed by atoms with van der Waals surface area (Å²) in [5.74, 6) is -9.87. The Morgan fingerprint density at radius 1 is 1.07 bits per heavy atom. The normalized spacial score (nSPS) is 14.1. The van der Waals surface area contributed by atoms with Gasteiger partial charge in [-0.05, 0) is 6.07 Å². The molecule has 30 heavy (non-hydrogen) atoms. The molecule has 0 atom stereocenters. The van der Waals surface area contributed by atoms with Crippen LogP contribution < -0.4 is 9.64 Å². The molecule has 160 valence electrons. The summed E-state index contributed by atoms with van der Waals surface area (Å²) in [4.78, 5) is 25.7. The Balaban J connectivity index is 1.85. The fraction of sp³-hybridized carbons (Fsp3) is 0.278. The highest BCUT2D eigenvalue weighted by molar-refractivity contribution is 6.33. The summed E-state index contributed by atoms with van der Waals surface area (Å²) in [6.45, 7) is -0.147. The Morgan fingerprint density at radius 3 is 2.13 bits per heavy atom. The average molecular weight is 448 g/mol. The maximum absolute atomic E-state index is 14.2. The Labute approximate surface area is 172 Å². The maximum Gasteiger partial charge on any atom is 0.294 e. The molecule has 0 bridgehead atoms. The summed E-state index contributed by atoms with van der Waals surface area (Å²) in [5, 5.41) is 11.4. The lowest BCUT2D eigenvalue weighted by atomic mass is 10.1. The van der Waals surface area contributed by atoms with E-state index in [0.717, 1.165) is 12.0 Å². The molecule has 1 amide bonds. The van der Waals surface area contributed by atoms with Gasteiger partial charge in [-0.3, -0.25) is 14.9 Å². The molecule has 3 rings (SSSR count). The van der Waals surface area contributed by atoms with Crippen molar-refractivity contribution >= 4 is 28.9 Å². The molecular weight excluding hydrogens is 434 g/mol. The second-order valence-electron chi connectivity index (χ2n) is 6.31. The molecule has 0 aromatic heterocycles. The molecule has 2 aromatic rings. The number of benzene rings is 2. The molecule has 1 aliphatic heterocycles. The quantitative estimate of drug-likeness (QED) is 0.308. The molecule has 2 aromatic carbocycles. The largest absolute Gasteiger partial charge is 0.491 e. The third-order valence-corrected chi connectivity index (χ3v) is 4.99. The van der Waals surface area contributed by atoms with E-state index in [1.165, 1.54) is 18.2 Å². The van der Waals surface area contributed by atoms with Crippen molar-refractivity contribution in [1.29, 1.82) is 0 Å². The van der Waals surface area contributed by atoms with E-state index < -0.39 is 45.4 Å². The van der Waals surface area contributed by atoms with Crippen LogP contribution in [0.3, 0.4) is 0 Å². The van der Waals surface area contributed by atoms with Crippen LogP contribution in [-0.4, -0.2) is 49.0 Å². The minimum Gasteiger partial charge on any atom is -0.491 e. The van der Waals surface area contributed by atoms with Crippen LogP contribution in [0.25, 0.3) is 0 Å². The first kappa shape index (κ1) is 21.6. The number of nitro benzene ring substituents is 1. The standard InChI is InChI=1S/C18H14ClF4N3O4/c1-30-17-14(22)12(20)11(13(21)15(17)23)18(27)25-7-5-24(6-8-25)16-9(19)3-2-4-10(16)26(28)29/h2-4H,5-8H2,1H3. The summed E-state index contributed by atoms with van der Waals surface area (Å²) < 4.78 is 60.6. The van der Waals surface area contributed by atoms with Crippen LogP contribution in [0, 0.1) is 33.4 Å². The van der Waals surface area contributed by atoms with Gasteiger partial charge in [0.2, 0.25) is 11.6 Å². The second-order valence-corrected chi connectivity index (χ2v) is 6.72. The summed E-state index contributed by atoms with van der Waals surface area (Å²) in [7, 11) is 0.828. The monoisotopic (exact) mass is 447 g/mol. The van der Waals surface area contributed by atoms with E-state index in [0.29, 0.717) is 0 Å². The van der Waals surface area contributed by atoms with Gasteiger partial charge in [0.1, 0.15) is 11.3 Å². The van der Waals surface area contributed by atoms with Crippen LogP contribution in [0.15, 0.2) is 18.2 Å². The van der Waals surface area contributed by atoms with Crippen molar-refractivity contribution in [3.63, 3.8) is 0 Å². The Bertz CT molecular complexity index is 1000. The van der Waals surface area contributed by atoms with Crippen molar-refractivity contribution in [1.82, 2.24) is 4.90 Å². The number of rotatable bonds is 4. The first-order valence-corrected chi connectivity index (χ1v) is 8.93. The highest BCUT2D eigenvalue weighted by Crippen LogP contribution is 2.36. The van der Waals surface area contributed by atoms with E-state index in [4.69, 9.17) is 11.6 Å². The van der Waals surface area contributed by atoms with Gasteiger partial charge in [0, 0.05) is 32.2 Å². The number of ether oxygens (including phenoxy) is 1. The van der Waals surface area contributed by atoms with Crippen LogP contribution >= 0.6 is 11.6 Å². The SMILES string of the molecule is COc1c(F)c(F)c(C(=O)N2CCN(c3c(Cl)cccc3[N+](=O)[O-])CC2)c(F)c1F. The third-order valence-electron chi connectivity index (χ3n) is 4.69. The maximum atomic E-state index is 14.2. The van der Waals surface area contributed by atoms with Gasteiger partial charge in [-0.2, -0.15) is 8.78 Å². The summed E-state index contributed by atoms with van der Waals surface area (Å²) in [6.07, 6.45) is 0. The number of hydrogen-bond donors (Lipinski definition) is 0. The molecule has 1 aliphatic rings. The van der Waals surface area contributed by atoms with Crippen molar-refractivity contribution < 1.29 is 32.0 Å². The predicted molar refractivity (Wildman–Crippen MR) is 99.0 cm³/mol. The number of carbonyl (C=O) groups excluding carboxylic acids is 1. The van der Waals surface area contributed by atoms with E-state index in [-0.39, 0.29) is 42.6 Å². The van der Waals surface area contributed by atoms with Crippen LogP contribution in [0.5, 0.6) is 5.75 Å². The highest BCUT2D eigenvalue weighted by Gasteiger charge is 2.34. The highest BCUT2D eigenvalue weighted by atomic mass is 35.5. The third kappa shape index (κ3) is 3.60. The summed E-state index contributed by atoms with van der Waals surface area (Å²) in [6, 6.07) is 4.16. The fourth-order valence-corrected chi connectivity index (χ4v) is 3.52. The van der Waals surface area contributed by atoms with Crippen molar-refractivity contribution in [3.05, 3.63) is 62.2 Å². The molecule has 12 heteroatoms. The lowest BCUT2D eigenvalue weighted by Crippen LogP contribution is -2.49. The van der Waals surface area contributed by atoms with Crippen molar-refractivity contribution in [2.24, 2.45) is 0 Å². The van der Waals surface area contributed by atoms with E-state index >= 15 is 0 Å². The lowest BCUT2D eigenvalue weighted by Gasteiger charge is -2.36. The molecule has 1 heterocycles. The van der Waals surface area contributed by atoms with Gasteiger partial charge in [0.15, 0.2) is 17.4 Å². The molecule has 1 fully saturated rings. The number of piperazine rings is 1. The van der Waals surface area contributed by atoms with Crippen molar-refractivity contribution in [2.75, 3.05) is 38.2 Å². The molecule has 0 N–H and O–H groups in total. The zero-order chi connectivity index (χ0) is 22.2. The molecule has 0 spiro atoms. The van der Waals surface area contributed by atoms with Crippen molar-refractivity contribution in [2.45, 2.75) is 0 Å². The van der Waals surface area contributed by atoms with Crippen LogP contribution in [0.4, 0.5) is 28.9 Å². The van der Waals surface area contributed by atoms with E-state index in [1.54, 1.807) is 4.90 Å². The lowest BCUT2D eigenvalue weighted by molar-refractivity contribution is -0.384. The Kier molecular flexibility index (Phi) is 6.01. The molecule has 0 saturated carbocycles. The number of nitrogens with zero attached hydrogens (tertiary/aromatic N) is 3. The zero-order valence-corrected chi connectivity index (χ0v) is 16.2. The predicted octanol–water partition coefficient (Wildman–Crippen LogP) is 3.78. The number of anilines is 1. The van der Waals surface area contributed by atoms with Crippen LogP contribution in [-0.2, 0) is 0 Å². The van der Waals surface area contributed by atoms with Crippen LogP contribution in [0.2, 0.25) is 5.02 Å². The van der Waals surface area contributed by atoms with Gasteiger partial charge < -0.3 is 14.5 Å². The number of hydrogen-bond acceptors (Lipinski definition) is 5. The molecule has 1 saturated heterocycles. The number of methoxy groups -OCH3 is 1. The molecule has 0 aliphatic carbocycles. The van der Waals surface area contributed by atoms with Gasteiger partial charge in [0.25, 0.3) is 11.6 Å². The first-order chi connectivity index (χ1) is 14.2. The number of halogens is 5. The second kappa shape index (κ2) is 8.34. The van der Waals surface area contributed by atoms with Gasteiger partial charge in [-0.1, -0.05) is 17.7 Å². The van der Waals surface area contributed by atoms with Crippen LogP contribution in [0.1, 0.15) is 10.4 Å². The molecule has 0 unspecified atom stereocenters. The van der Waals surface area contributed by atoms with Crippen molar-refractivity contribution in [3.8, 4) is 5.75 Å². The first-order valence-electron chi connectivity index (χ1n) is 8.56. The average Bonchev–Trinajstić information content (AvgIpc) is 2.72. The Hall–Kier alpha value is -3.08. The summed E-state index contributed by atoms with van der Waals surface area (Å²) in [5.41, 5.74) is -1.46. The number of para-hydroxylation sites is 1. The molecule has 0 radical (unpaired) electrons. The van der Waals surface area contributed by atoms with Gasteiger partial charge in [-0.15, -0.1) is 0 Å². The zero-order valence-electron chi connectivity index (χ0n) is 15.4. The number of carbonyl (C=O) groups is 1. The van der Waals surface area contributed by atoms with E-state index in [2.05, 4.69) is 4.74 Å². The molecule has 7 nitrogen and oxygen atoms in total. The van der Waals surface area contributed by atoms with E-state index in [1.807, 2.05) is 0 Å². The molecular formula is C18H14ClF4N3O4. The topological polar surface area (TPSA) is 75.9 Å². The number of amides is 1. The minimum atomic E-state index is -1.86. The smallest absolute Gasteiger partial charge is 0.294 e. The minimum absolute atomic E-state index is 0.0423. The van der Waals surface area contributed by atoms with E-state index in [9.17, 15) is 32.5 Å². The Morgan fingerprint density at radius 2 is 1.63 bits per heavy atom. The van der Waals surface area contributed by atoms with Gasteiger partial charge >= 0.3 is 0 Å². The summed E-state index contributed by atoms with van der Waals surface area (Å²) >= 11 is 6.09. The van der Waals surface area contributed by atoms with Gasteiger partial charge in [-0.25, -0.2) is 8.78 Å². The fourth-order valence-electron chi connectivity index (χ4n) is 3.23.